The second-order valence-electron chi connectivity index (χ2n) is 9.44. The number of piperidine rings is 1. The third kappa shape index (κ3) is 6.57. The normalized spacial score (nSPS) is 21.8. The van der Waals surface area contributed by atoms with Gasteiger partial charge in [-0.25, -0.2) is 0 Å². The summed E-state index contributed by atoms with van der Waals surface area (Å²) in [5.41, 5.74) is 2.26. The number of likely N-dealkylation sites (tertiary alicyclic amines) is 1. The second kappa shape index (κ2) is 11.3. The van der Waals surface area contributed by atoms with Crippen molar-refractivity contribution < 1.29 is 14.7 Å². The van der Waals surface area contributed by atoms with Crippen LogP contribution in [-0.4, -0.2) is 54.5 Å². The molecule has 2 aromatic rings. The van der Waals surface area contributed by atoms with Crippen LogP contribution in [-0.2, 0) is 21.4 Å². The van der Waals surface area contributed by atoms with Gasteiger partial charge in [0, 0.05) is 19.6 Å². The van der Waals surface area contributed by atoms with Crippen molar-refractivity contribution in [1.82, 2.24) is 15.5 Å². The topological polar surface area (TPSA) is 81.7 Å². The molecule has 0 aromatic heterocycles. The predicted octanol–water partition coefficient (Wildman–Crippen LogP) is 3.10. The zero-order chi connectivity index (χ0) is 23.8. The summed E-state index contributed by atoms with van der Waals surface area (Å²) in [7, 11) is 0. The van der Waals surface area contributed by atoms with Crippen molar-refractivity contribution in [3.8, 4) is 5.75 Å². The molecule has 6 heteroatoms. The van der Waals surface area contributed by atoms with E-state index in [4.69, 9.17) is 0 Å². The molecule has 2 amide bonds. The van der Waals surface area contributed by atoms with Gasteiger partial charge in [0.15, 0.2) is 0 Å². The van der Waals surface area contributed by atoms with Crippen LogP contribution in [0.5, 0.6) is 5.75 Å². The number of phenols is 1. The van der Waals surface area contributed by atoms with E-state index in [9.17, 15) is 14.7 Å². The van der Waals surface area contributed by atoms with Crippen molar-refractivity contribution in [2.75, 3.05) is 32.7 Å². The van der Waals surface area contributed by atoms with Crippen molar-refractivity contribution in [1.29, 1.82) is 0 Å². The summed E-state index contributed by atoms with van der Waals surface area (Å²) < 4.78 is 0. The molecule has 0 aliphatic carbocycles. The fourth-order valence-corrected chi connectivity index (χ4v) is 4.79. The van der Waals surface area contributed by atoms with E-state index in [0.717, 1.165) is 30.6 Å². The summed E-state index contributed by atoms with van der Waals surface area (Å²) >= 11 is 0. The van der Waals surface area contributed by atoms with Crippen LogP contribution < -0.4 is 10.6 Å². The van der Waals surface area contributed by atoms with E-state index >= 15 is 0 Å². The lowest BCUT2D eigenvalue weighted by Crippen LogP contribution is -2.50. The number of rotatable bonds is 9. The van der Waals surface area contributed by atoms with Crippen molar-refractivity contribution in [2.24, 2.45) is 11.8 Å². The molecular weight excluding hydrogens is 414 g/mol. The van der Waals surface area contributed by atoms with Gasteiger partial charge in [0.25, 0.3) is 0 Å². The second-order valence-corrected chi connectivity index (χ2v) is 9.44. The summed E-state index contributed by atoms with van der Waals surface area (Å²) in [4.78, 5) is 27.3. The van der Waals surface area contributed by atoms with Crippen LogP contribution in [0.25, 0.3) is 0 Å². The zero-order valence-electron chi connectivity index (χ0n) is 20.0. The molecule has 1 fully saturated rings. The first-order chi connectivity index (χ1) is 15.8. The molecule has 1 heterocycles. The van der Waals surface area contributed by atoms with Gasteiger partial charge in [-0.05, 0) is 60.9 Å². The molecular formula is C27H37N3O3. The molecule has 6 nitrogen and oxygen atoms in total. The Morgan fingerprint density at radius 3 is 2.58 bits per heavy atom. The largest absolute Gasteiger partial charge is 0.508 e. The molecule has 2 aromatic carbocycles. The fourth-order valence-electron chi connectivity index (χ4n) is 4.79. The molecule has 3 atom stereocenters. The maximum atomic E-state index is 13.1. The van der Waals surface area contributed by atoms with Crippen LogP contribution in [0.15, 0.2) is 54.6 Å². The van der Waals surface area contributed by atoms with Crippen LogP contribution in [0.4, 0.5) is 0 Å². The van der Waals surface area contributed by atoms with Gasteiger partial charge in [-0.1, -0.05) is 56.3 Å². The van der Waals surface area contributed by atoms with Crippen molar-refractivity contribution in [2.45, 2.75) is 39.0 Å². The van der Waals surface area contributed by atoms with Gasteiger partial charge < -0.3 is 20.6 Å². The van der Waals surface area contributed by atoms with E-state index in [0.29, 0.717) is 31.2 Å². The Labute approximate surface area is 197 Å². The van der Waals surface area contributed by atoms with E-state index in [1.807, 2.05) is 49.4 Å². The van der Waals surface area contributed by atoms with Crippen molar-refractivity contribution in [3.63, 3.8) is 0 Å². The van der Waals surface area contributed by atoms with Gasteiger partial charge >= 0.3 is 0 Å². The molecule has 3 N–H and O–H groups in total. The minimum absolute atomic E-state index is 0.00391. The molecule has 0 spiro atoms. The monoisotopic (exact) mass is 451 g/mol. The quantitative estimate of drug-likeness (QED) is 0.547. The Hall–Kier alpha value is -2.86. The lowest BCUT2D eigenvalue weighted by Gasteiger charge is -2.45. The van der Waals surface area contributed by atoms with E-state index in [-0.39, 0.29) is 29.7 Å². The van der Waals surface area contributed by atoms with Gasteiger partial charge in [0.1, 0.15) is 5.75 Å². The number of phenolic OH excluding ortho intramolecular Hbond substituents is 1. The molecule has 0 radical (unpaired) electrons. The van der Waals surface area contributed by atoms with Gasteiger partial charge in [0.2, 0.25) is 11.8 Å². The number of nitrogens with one attached hydrogen (secondary N) is 2. The Bertz CT molecular complexity index is 933. The first kappa shape index (κ1) is 24.8. The van der Waals surface area contributed by atoms with Crippen molar-refractivity contribution in [3.05, 3.63) is 65.7 Å². The highest BCUT2D eigenvalue weighted by Gasteiger charge is 2.39. The first-order valence-electron chi connectivity index (χ1n) is 11.9. The SMILES string of the molecule is CCNC(=O)CNC(=O)C(Cc1ccccc1)CN1CCC(C)(c2cccc(O)c2)C(C)C1. The molecule has 178 valence electrons. The molecule has 3 rings (SSSR count). The Morgan fingerprint density at radius 1 is 1.15 bits per heavy atom. The average Bonchev–Trinajstić information content (AvgIpc) is 2.80. The number of carbonyl (C=O) groups excluding carboxylic acids is 2. The zero-order valence-corrected chi connectivity index (χ0v) is 20.0. The van der Waals surface area contributed by atoms with Gasteiger partial charge in [0.05, 0.1) is 12.5 Å². The highest BCUT2D eigenvalue weighted by Crippen LogP contribution is 2.40. The first-order valence-corrected chi connectivity index (χ1v) is 11.9. The standard InChI is InChI=1S/C27H37N3O3/c1-4-28-25(32)17-29-26(33)22(15-21-9-6-5-7-10-21)19-30-14-13-27(3,20(2)18-30)23-11-8-12-24(31)16-23/h5-12,16,20,22,31H,4,13-15,17-19H2,1-3H3,(H,28,32)(H,29,33). The maximum Gasteiger partial charge on any atom is 0.239 e. The Balaban J connectivity index is 1.68. The number of likely N-dealkylation sites (N-methyl/N-ethyl adjacent to an activating group) is 1. The summed E-state index contributed by atoms with van der Waals surface area (Å²) in [6, 6.07) is 17.6. The molecule has 0 saturated carbocycles. The third-order valence-corrected chi connectivity index (χ3v) is 7.04. The molecule has 1 saturated heterocycles. The minimum atomic E-state index is -0.237. The highest BCUT2D eigenvalue weighted by atomic mass is 16.3. The maximum absolute atomic E-state index is 13.1. The number of carbonyl (C=O) groups is 2. The number of hydrogen-bond acceptors (Lipinski definition) is 4. The van der Waals surface area contributed by atoms with Crippen LogP contribution in [0.1, 0.15) is 38.3 Å². The summed E-state index contributed by atoms with van der Waals surface area (Å²) in [6.45, 7) is 9.33. The highest BCUT2D eigenvalue weighted by molar-refractivity contribution is 5.86. The van der Waals surface area contributed by atoms with Crippen LogP contribution >= 0.6 is 0 Å². The van der Waals surface area contributed by atoms with Crippen LogP contribution in [0.3, 0.4) is 0 Å². The predicted molar refractivity (Wildman–Crippen MR) is 131 cm³/mol. The lowest BCUT2D eigenvalue weighted by atomic mass is 9.68. The lowest BCUT2D eigenvalue weighted by molar-refractivity contribution is -0.129. The molecule has 1 aliphatic heterocycles. The minimum Gasteiger partial charge on any atom is -0.508 e. The number of hydrogen-bond donors (Lipinski definition) is 3. The van der Waals surface area contributed by atoms with Crippen molar-refractivity contribution >= 4 is 11.8 Å². The molecule has 1 aliphatic rings. The third-order valence-electron chi connectivity index (χ3n) is 7.04. The average molecular weight is 452 g/mol. The number of nitrogens with zero attached hydrogens (tertiary/aromatic N) is 1. The van der Waals surface area contributed by atoms with E-state index in [1.54, 1.807) is 6.07 Å². The summed E-state index contributed by atoms with van der Waals surface area (Å²) in [5, 5.41) is 15.5. The molecule has 33 heavy (non-hydrogen) atoms. The molecule has 0 bridgehead atoms. The van der Waals surface area contributed by atoms with E-state index < -0.39 is 0 Å². The fraction of sp³-hybridized carbons (Fsp3) is 0.481. The summed E-state index contributed by atoms with van der Waals surface area (Å²) in [6.07, 6.45) is 1.59. The van der Waals surface area contributed by atoms with Gasteiger partial charge in [-0.15, -0.1) is 0 Å². The Morgan fingerprint density at radius 2 is 1.91 bits per heavy atom. The smallest absolute Gasteiger partial charge is 0.239 e. The van der Waals surface area contributed by atoms with Gasteiger partial charge in [-0.2, -0.15) is 0 Å². The Kier molecular flexibility index (Phi) is 8.50. The van der Waals surface area contributed by atoms with E-state index in [1.165, 1.54) is 0 Å². The molecule has 3 unspecified atom stereocenters. The van der Waals surface area contributed by atoms with Crippen LogP contribution in [0, 0.1) is 11.8 Å². The number of aromatic hydroxyl groups is 1. The van der Waals surface area contributed by atoms with Gasteiger partial charge in [-0.3, -0.25) is 9.59 Å². The van der Waals surface area contributed by atoms with Crippen LogP contribution in [0.2, 0.25) is 0 Å². The summed E-state index contributed by atoms with van der Waals surface area (Å²) in [5.74, 6) is 0.176. The number of amides is 2. The number of benzene rings is 2. The van der Waals surface area contributed by atoms with E-state index in [2.05, 4.69) is 35.4 Å².